The lowest BCUT2D eigenvalue weighted by atomic mass is 10.2. The average Bonchev–Trinajstić information content (AvgIpc) is 2.94. The summed E-state index contributed by atoms with van der Waals surface area (Å²) in [7, 11) is -3.49. The predicted octanol–water partition coefficient (Wildman–Crippen LogP) is 2.88. The topological polar surface area (TPSA) is 78.6 Å². The SMILES string of the molecule is CS(=O)(=O)OCc1ccc2onc(OCc3ccccc3)c2c1. The smallest absolute Gasteiger partial charge is 0.264 e. The van der Waals surface area contributed by atoms with Crippen molar-refractivity contribution < 1.29 is 21.9 Å². The number of benzene rings is 2. The van der Waals surface area contributed by atoms with Crippen LogP contribution in [-0.4, -0.2) is 19.8 Å². The molecule has 0 saturated carbocycles. The van der Waals surface area contributed by atoms with Gasteiger partial charge in [0.15, 0.2) is 5.58 Å². The van der Waals surface area contributed by atoms with Gasteiger partial charge < -0.3 is 9.26 Å². The van der Waals surface area contributed by atoms with Crippen LogP contribution in [0.25, 0.3) is 11.0 Å². The molecule has 1 aromatic heterocycles. The van der Waals surface area contributed by atoms with E-state index in [2.05, 4.69) is 5.16 Å². The maximum Gasteiger partial charge on any atom is 0.264 e. The van der Waals surface area contributed by atoms with E-state index >= 15 is 0 Å². The molecule has 0 amide bonds. The molecule has 6 nitrogen and oxygen atoms in total. The van der Waals surface area contributed by atoms with Crippen molar-refractivity contribution in [1.82, 2.24) is 5.16 Å². The highest BCUT2D eigenvalue weighted by Gasteiger charge is 2.11. The van der Waals surface area contributed by atoms with Gasteiger partial charge in [-0.05, 0) is 28.4 Å². The number of rotatable bonds is 6. The van der Waals surface area contributed by atoms with Gasteiger partial charge in [0.05, 0.1) is 18.2 Å². The summed E-state index contributed by atoms with van der Waals surface area (Å²) in [5.74, 6) is 0.366. The lowest BCUT2D eigenvalue weighted by Crippen LogP contribution is -2.02. The van der Waals surface area contributed by atoms with Gasteiger partial charge in [0, 0.05) is 0 Å². The molecule has 0 radical (unpaired) electrons. The first-order chi connectivity index (χ1) is 11.0. The van der Waals surface area contributed by atoms with Gasteiger partial charge in [-0.1, -0.05) is 36.4 Å². The fourth-order valence-corrected chi connectivity index (χ4v) is 2.41. The van der Waals surface area contributed by atoms with Crippen LogP contribution in [0.4, 0.5) is 0 Å². The van der Waals surface area contributed by atoms with Gasteiger partial charge in [0.2, 0.25) is 0 Å². The molecule has 0 spiro atoms. The third kappa shape index (κ3) is 4.08. The zero-order valence-electron chi connectivity index (χ0n) is 12.4. The van der Waals surface area contributed by atoms with Crippen LogP contribution in [0.5, 0.6) is 5.88 Å². The Morgan fingerprint density at radius 2 is 1.83 bits per heavy atom. The van der Waals surface area contributed by atoms with E-state index in [0.29, 0.717) is 29.0 Å². The van der Waals surface area contributed by atoms with Gasteiger partial charge in [-0.15, -0.1) is 0 Å². The van der Waals surface area contributed by atoms with E-state index in [4.69, 9.17) is 13.4 Å². The Labute approximate surface area is 133 Å². The minimum Gasteiger partial charge on any atom is -0.470 e. The Hall–Kier alpha value is -2.38. The summed E-state index contributed by atoms with van der Waals surface area (Å²) in [5.41, 5.74) is 2.27. The predicted molar refractivity (Wildman–Crippen MR) is 84.4 cm³/mol. The Morgan fingerprint density at radius 3 is 2.57 bits per heavy atom. The van der Waals surface area contributed by atoms with Crippen LogP contribution in [0.2, 0.25) is 0 Å². The van der Waals surface area contributed by atoms with Crippen LogP contribution in [0.3, 0.4) is 0 Å². The lowest BCUT2D eigenvalue weighted by molar-refractivity contribution is 0.274. The van der Waals surface area contributed by atoms with Crippen molar-refractivity contribution in [1.29, 1.82) is 0 Å². The quantitative estimate of drug-likeness (QED) is 0.645. The summed E-state index contributed by atoms with van der Waals surface area (Å²) in [6, 6.07) is 14.9. The van der Waals surface area contributed by atoms with Gasteiger partial charge in [-0.3, -0.25) is 4.18 Å². The highest BCUT2D eigenvalue weighted by Crippen LogP contribution is 2.27. The molecule has 3 rings (SSSR count). The van der Waals surface area contributed by atoms with Crippen LogP contribution < -0.4 is 4.74 Å². The first kappa shape index (κ1) is 15.5. The fraction of sp³-hybridized carbons (Fsp3) is 0.188. The Kier molecular flexibility index (Phi) is 4.31. The van der Waals surface area contributed by atoms with E-state index in [1.165, 1.54) is 0 Å². The Morgan fingerprint density at radius 1 is 1.04 bits per heavy atom. The van der Waals surface area contributed by atoms with Crippen molar-refractivity contribution in [3.05, 3.63) is 59.7 Å². The molecular formula is C16H15NO5S. The lowest BCUT2D eigenvalue weighted by Gasteiger charge is -2.04. The molecule has 0 fully saturated rings. The summed E-state index contributed by atoms with van der Waals surface area (Å²) in [6.45, 7) is 0.324. The third-order valence-electron chi connectivity index (χ3n) is 3.16. The van der Waals surface area contributed by atoms with E-state index in [0.717, 1.165) is 11.8 Å². The zero-order chi connectivity index (χ0) is 16.3. The maximum absolute atomic E-state index is 11.1. The Balaban J connectivity index is 1.78. The van der Waals surface area contributed by atoms with Crippen molar-refractivity contribution >= 4 is 21.1 Å². The normalized spacial score (nSPS) is 11.7. The summed E-state index contributed by atoms with van der Waals surface area (Å²) in [5, 5.41) is 4.58. The number of nitrogens with zero attached hydrogens (tertiary/aromatic N) is 1. The van der Waals surface area contributed by atoms with Gasteiger partial charge in [0.25, 0.3) is 16.0 Å². The Bertz CT molecular complexity index is 903. The van der Waals surface area contributed by atoms with Crippen molar-refractivity contribution in [3.63, 3.8) is 0 Å². The van der Waals surface area contributed by atoms with E-state index in [9.17, 15) is 8.42 Å². The molecule has 0 unspecified atom stereocenters. The van der Waals surface area contributed by atoms with Crippen molar-refractivity contribution in [2.75, 3.05) is 6.26 Å². The molecule has 0 atom stereocenters. The number of fused-ring (bicyclic) bond motifs is 1. The van der Waals surface area contributed by atoms with Gasteiger partial charge >= 0.3 is 0 Å². The van der Waals surface area contributed by atoms with Crippen LogP contribution >= 0.6 is 0 Å². The van der Waals surface area contributed by atoms with Crippen LogP contribution in [0.1, 0.15) is 11.1 Å². The van der Waals surface area contributed by atoms with Crippen molar-refractivity contribution in [2.24, 2.45) is 0 Å². The summed E-state index contributed by atoms with van der Waals surface area (Å²) < 4.78 is 37.8. The summed E-state index contributed by atoms with van der Waals surface area (Å²) in [4.78, 5) is 0. The zero-order valence-corrected chi connectivity index (χ0v) is 13.2. The molecule has 0 saturated heterocycles. The number of ether oxygens (including phenoxy) is 1. The van der Waals surface area contributed by atoms with Gasteiger partial charge in [0.1, 0.15) is 6.61 Å². The molecule has 2 aromatic carbocycles. The fourth-order valence-electron chi connectivity index (χ4n) is 2.06. The molecule has 3 aromatic rings. The molecule has 0 aliphatic carbocycles. The minimum absolute atomic E-state index is 0.0436. The molecule has 0 N–H and O–H groups in total. The van der Waals surface area contributed by atoms with Crippen LogP contribution in [0, 0.1) is 0 Å². The second-order valence-electron chi connectivity index (χ2n) is 5.06. The molecule has 1 heterocycles. The first-order valence-corrected chi connectivity index (χ1v) is 8.72. The largest absolute Gasteiger partial charge is 0.470 e. The van der Waals surface area contributed by atoms with Crippen molar-refractivity contribution in [2.45, 2.75) is 13.2 Å². The van der Waals surface area contributed by atoms with Gasteiger partial charge in [-0.2, -0.15) is 8.42 Å². The standard InChI is InChI=1S/C16H15NO5S/c1-23(18,19)21-11-13-7-8-15-14(9-13)16(17-22-15)20-10-12-5-3-2-4-6-12/h2-9H,10-11H2,1H3. The van der Waals surface area contributed by atoms with Crippen LogP contribution in [0.15, 0.2) is 53.1 Å². The number of hydrogen-bond acceptors (Lipinski definition) is 6. The highest BCUT2D eigenvalue weighted by molar-refractivity contribution is 7.85. The monoisotopic (exact) mass is 333 g/mol. The molecule has 0 bridgehead atoms. The third-order valence-corrected chi connectivity index (χ3v) is 3.71. The molecule has 120 valence electrons. The van der Waals surface area contributed by atoms with E-state index in [1.807, 2.05) is 30.3 Å². The van der Waals surface area contributed by atoms with E-state index in [-0.39, 0.29) is 6.61 Å². The van der Waals surface area contributed by atoms with Gasteiger partial charge in [-0.25, -0.2) is 0 Å². The van der Waals surface area contributed by atoms with E-state index < -0.39 is 10.1 Å². The molecule has 0 aliphatic heterocycles. The molecule has 7 heteroatoms. The first-order valence-electron chi connectivity index (χ1n) is 6.91. The second-order valence-corrected chi connectivity index (χ2v) is 6.70. The number of aromatic nitrogens is 1. The highest BCUT2D eigenvalue weighted by atomic mass is 32.2. The summed E-state index contributed by atoms with van der Waals surface area (Å²) in [6.07, 6.45) is 1.01. The maximum atomic E-state index is 11.1. The van der Waals surface area contributed by atoms with Crippen molar-refractivity contribution in [3.8, 4) is 5.88 Å². The second kappa shape index (κ2) is 6.39. The number of hydrogen-bond donors (Lipinski definition) is 0. The molecule has 23 heavy (non-hydrogen) atoms. The van der Waals surface area contributed by atoms with Crippen LogP contribution in [-0.2, 0) is 27.5 Å². The van der Waals surface area contributed by atoms with E-state index in [1.54, 1.807) is 18.2 Å². The molecule has 0 aliphatic rings. The molecular weight excluding hydrogens is 318 g/mol. The summed E-state index contributed by atoms with van der Waals surface area (Å²) >= 11 is 0. The average molecular weight is 333 g/mol. The minimum atomic E-state index is -3.49.